The predicted octanol–water partition coefficient (Wildman–Crippen LogP) is 1.66. The van der Waals surface area contributed by atoms with Crippen LogP contribution in [0.2, 0.25) is 0 Å². The fourth-order valence-electron chi connectivity index (χ4n) is 3.97. The Kier molecular flexibility index (Phi) is 3.39. The Balaban J connectivity index is 1.89. The topological polar surface area (TPSA) is 54.0 Å². The summed E-state index contributed by atoms with van der Waals surface area (Å²) in [6.45, 7) is 3.87. The molecule has 0 aromatic heterocycles. The largest absolute Gasteiger partial charge is 0.466 e. The molecule has 0 N–H and O–H groups in total. The van der Waals surface area contributed by atoms with E-state index in [2.05, 4.69) is 0 Å². The first-order valence-electron chi connectivity index (χ1n) is 7.13. The SMILES string of the molecule is COC(=O)C1=CCC(OC)C2C1C[C@@H]1OC(C)(C)O[C@H]21. The fraction of sp³-hybridized carbons (Fsp3) is 0.800. The van der Waals surface area contributed by atoms with Crippen molar-refractivity contribution in [3.63, 3.8) is 0 Å². The molecule has 1 aliphatic heterocycles. The molecule has 2 aliphatic carbocycles. The van der Waals surface area contributed by atoms with Gasteiger partial charge in [-0.3, -0.25) is 0 Å². The van der Waals surface area contributed by atoms with Gasteiger partial charge >= 0.3 is 5.97 Å². The maximum atomic E-state index is 11.9. The first-order chi connectivity index (χ1) is 9.46. The van der Waals surface area contributed by atoms with E-state index >= 15 is 0 Å². The molecule has 0 amide bonds. The molecule has 5 atom stereocenters. The Morgan fingerprint density at radius 1 is 1.35 bits per heavy atom. The van der Waals surface area contributed by atoms with Gasteiger partial charge in [0.2, 0.25) is 0 Å². The van der Waals surface area contributed by atoms with E-state index in [0.29, 0.717) is 0 Å². The lowest BCUT2D eigenvalue weighted by atomic mass is 9.78. The number of rotatable bonds is 2. The summed E-state index contributed by atoms with van der Waals surface area (Å²) in [5.74, 6) is -0.530. The van der Waals surface area contributed by atoms with E-state index in [1.165, 1.54) is 7.11 Å². The standard InChI is InChI=1S/C15H22O5/c1-15(2)19-11-7-9-8(14(16)18-4)5-6-10(17-3)12(9)13(11)20-15/h5,9-13H,6-7H2,1-4H3/t9?,10?,11-,12?,13-/m0/s1. The zero-order chi connectivity index (χ0) is 14.5. The van der Waals surface area contributed by atoms with Gasteiger partial charge in [-0.25, -0.2) is 4.79 Å². The minimum absolute atomic E-state index is 0.00620. The molecule has 20 heavy (non-hydrogen) atoms. The molecule has 1 saturated heterocycles. The number of hydrogen-bond donors (Lipinski definition) is 0. The third-order valence-electron chi connectivity index (χ3n) is 4.67. The van der Waals surface area contributed by atoms with Crippen LogP contribution >= 0.6 is 0 Å². The van der Waals surface area contributed by atoms with Crippen LogP contribution in [0, 0.1) is 11.8 Å². The summed E-state index contributed by atoms with van der Waals surface area (Å²) >= 11 is 0. The van der Waals surface area contributed by atoms with E-state index in [4.69, 9.17) is 18.9 Å². The molecule has 112 valence electrons. The molecule has 0 spiro atoms. The van der Waals surface area contributed by atoms with E-state index in [1.807, 2.05) is 19.9 Å². The van der Waals surface area contributed by atoms with Gasteiger partial charge in [-0.2, -0.15) is 0 Å². The summed E-state index contributed by atoms with van der Waals surface area (Å²) < 4.78 is 22.5. The highest BCUT2D eigenvalue weighted by atomic mass is 16.8. The smallest absolute Gasteiger partial charge is 0.333 e. The summed E-state index contributed by atoms with van der Waals surface area (Å²) in [5.41, 5.74) is 0.755. The maximum absolute atomic E-state index is 11.9. The van der Waals surface area contributed by atoms with Gasteiger partial charge in [0.05, 0.1) is 25.4 Å². The van der Waals surface area contributed by atoms with Gasteiger partial charge in [0.15, 0.2) is 5.79 Å². The van der Waals surface area contributed by atoms with Gasteiger partial charge in [-0.1, -0.05) is 6.08 Å². The molecule has 3 aliphatic rings. The molecule has 2 fully saturated rings. The van der Waals surface area contributed by atoms with Crippen molar-refractivity contribution in [2.24, 2.45) is 11.8 Å². The van der Waals surface area contributed by atoms with Crippen LogP contribution in [0.4, 0.5) is 0 Å². The molecule has 1 heterocycles. The quantitative estimate of drug-likeness (QED) is 0.721. The Bertz CT molecular complexity index is 442. The molecule has 0 bridgehead atoms. The van der Waals surface area contributed by atoms with Crippen LogP contribution in [-0.2, 0) is 23.7 Å². The number of fused-ring (bicyclic) bond motifs is 3. The van der Waals surface area contributed by atoms with Crippen LogP contribution in [0.3, 0.4) is 0 Å². The second-order valence-electron chi connectivity index (χ2n) is 6.22. The van der Waals surface area contributed by atoms with Crippen LogP contribution in [0.1, 0.15) is 26.7 Å². The Labute approximate surface area is 119 Å². The monoisotopic (exact) mass is 282 g/mol. The molecule has 0 aromatic rings. The predicted molar refractivity (Wildman–Crippen MR) is 70.9 cm³/mol. The minimum Gasteiger partial charge on any atom is -0.466 e. The minimum atomic E-state index is -0.550. The summed E-state index contributed by atoms with van der Waals surface area (Å²) in [6, 6.07) is 0. The van der Waals surface area contributed by atoms with Crippen LogP contribution in [0.25, 0.3) is 0 Å². The number of carbonyl (C=O) groups is 1. The van der Waals surface area contributed by atoms with Crippen molar-refractivity contribution < 1.29 is 23.7 Å². The molecule has 1 saturated carbocycles. The summed E-state index contributed by atoms with van der Waals surface area (Å²) in [6.07, 6.45) is 3.56. The average molecular weight is 282 g/mol. The zero-order valence-corrected chi connectivity index (χ0v) is 12.4. The second kappa shape index (κ2) is 4.83. The Morgan fingerprint density at radius 3 is 2.75 bits per heavy atom. The first kappa shape index (κ1) is 14.0. The lowest BCUT2D eigenvalue weighted by molar-refractivity contribution is -0.167. The second-order valence-corrected chi connectivity index (χ2v) is 6.22. The van der Waals surface area contributed by atoms with E-state index in [9.17, 15) is 4.79 Å². The number of methoxy groups -OCH3 is 2. The highest BCUT2D eigenvalue weighted by Gasteiger charge is 2.58. The van der Waals surface area contributed by atoms with E-state index in [0.717, 1.165) is 18.4 Å². The van der Waals surface area contributed by atoms with Crippen LogP contribution in [0.5, 0.6) is 0 Å². The van der Waals surface area contributed by atoms with E-state index in [1.54, 1.807) is 7.11 Å². The van der Waals surface area contributed by atoms with Gasteiger partial charge < -0.3 is 18.9 Å². The molecule has 3 unspecified atom stereocenters. The molecular formula is C15H22O5. The molecule has 3 rings (SSSR count). The van der Waals surface area contributed by atoms with Crippen LogP contribution in [0.15, 0.2) is 11.6 Å². The first-order valence-corrected chi connectivity index (χ1v) is 7.13. The lowest BCUT2D eigenvalue weighted by Gasteiger charge is -2.35. The van der Waals surface area contributed by atoms with Crippen molar-refractivity contribution in [1.29, 1.82) is 0 Å². The third kappa shape index (κ3) is 2.08. The van der Waals surface area contributed by atoms with Crippen LogP contribution < -0.4 is 0 Å². The summed E-state index contributed by atoms with van der Waals surface area (Å²) in [5, 5.41) is 0. The van der Waals surface area contributed by atoms with Crippen molar-refractivity contribution in [2.75, 3.05) is 14.2 Å². The molecule has 0 radical (unpaired) electrons. The summed E-state index contributed by atoms with van der Waals surface area (Å²) in [4.78, 5) is 11.9. The zero-order valence-electron chi connectivity index (χ0n) is 12.4. The number of esters is 1. The molecule has 0 aromatic carbocycles. The highest BCUT2D eigenvalue weighted by Crippen LogP contribution is 2.51. The molecular weight excluding hydrogens is 260 g/mol. The average Bonchev–Trinajstić information content (AvgIpc) is 2.88. The molecule has 5 heteroatoms. The number of hydrogen-bond acceptors (Lipinski definition) is 5. The third-order valence-corrected chi connectivity index (χ3v) is 4.67. The van der Waals surface area contributed by atoms with Gasteiger partial charge in [0.1, 0.15) is 0 Å². The number of carbonyl (C=O) groups excluding carboxylic acids is 1. The van der Waals surface area contributed by atoms with Crippen LogP contribution in [-0.4, -0.2) is 44.3 Å². The van der Waals surface area contributed by atoms with Crippen molar-refractivity contribution in [3.8, 4) is 0 Å². The van der Waals surface area contributed by atoms with Crippen molar-refractivity contribution >= 4 is 5.97 Å². The van der Waals surface area contributed by atoms with Gasteiger partial charge in [0.25, 0.3) is 0 Å². The summed E-state index contributed by atoms with van der Waals surface area (Å²) in [7, 11) is 3.14. The van der Waals surface area contributed by atoms with E-state index < -0.39 is 5.79 Å². The van der Waals surface area contributed by atoms with Gasteiger partial charge in [-0.15, -0.1) is 0 Å². The molecule has 5 nitrogen and oxygen atoms in total. The van der Waals surface area contributed by atoms with Crippen molar-refractivity contribution in [1.82, 2.24) is 0 Å². The van der Waals surface area contributed by atoms with E-state index in [-0.39, 0.29) is 36.1 Å². The van der Waals surface area contributed by atoms with Crippen molar-refractivity contribution in [2.45, 2.75) is 50.8 Å². The Morgan fingerprint density at radius 2 is 2.10 bits per heavy atom. The highest BCUT2D eigenvalue weighted by molar-refractivity contribution is 5.89. The van der Waals surface area contributed by atoms with Crippen molar-refractivity contribution in [3.05, 3.63) is 11.6 Å². The van der Waals surface area contributed by atoms with Gasteiger partial charge in [0, 0.05) is 24.5 Å². The normalized spacial score (nSPS) is 41.8. The maximum Gasteiger partial charge on any atom is 0.333 e. The van der Waals surface area contributed by atoms with Gasteiger partial charge in [-0.05, 0) is 26.7 Å². The lowest BCUT2D eigenvalue weighted by Crippen LogP contribution is -2.40. The number of ether oxygens (including phenoxy) is 4. The Hall–Kier alpha value is -0.910. The fourth-order valence-corrected chi connectivity index (χ4v) is 3.97.